The molecule has 4 rings (SSSR count). The smallest absolute Gasteiger partial charge is 0.275 e. The molecule has 1 fully saturated rings. The second-order valence-corrected chi connectivity index (χ2v) is 6.74. The fourth-order valence-electron chi connectivity index (χ4n) is 3.64. The molecular weight excluding hydrogens is 358 g/mol. The molecule has 0 radical (unpaired) electrons. The number of aryl methyl sites for hydroxylation is 1. The Hall–Kier alpha value is -3.42. The van der Waals surface area contributed by atoms with E-state index in [0.717, 1.165) is 10.9 Å². The molecule has 1 aromatic carbocycles. The van der Waals surface area contributed by atoms with Gasteiger partial charge in [-0.15, -0.1) is 0 Å². The molecule has 0 spiro atoms. The van der Waals surface area contributed by atoms with Crippen molar-refractivity contribution in [2.24, 2.45) is 7.05 Å². The number of hydrogen-bond acceptors (Lipinski definition) is 5. The molecule has 1 aliphatic heterocycles. The van der Waals surface area contributed by atoms with Gasteiger partial charge in [-0.3, -0.25) is 19.3 Å². The minimum atomic E-state index is -0.611. The number of nitrogens with one attached hydrogen (secondary N) is 1. The van der Waals surface area contributed by atoms with Crippen molar-refractivity contribution in [1.82, 2.24) is 25.0 Å². The highest BCUT2D eigenvalue weighted by Gasteiger charge is 2.41. The van der Waals surface area contributed by atoms with Gasteiger partial charge < -0.3 is 15.0 Å². The number of likely N-dealkylation sites (N-methyl/N-ethyl adjacent to an activating group) is 1. The molecule has 28 heavy (non-hydrogen) atoms. The fourth-order valence-corrected chi connectivity index (χ4v) is 3.64. The Morgan fingerprint density at radius 2 is 2.04 bits per heavy atom. The molecule has 2 aromatic heterocycles. The van der Waals surface area contributed by atoms with Crippen molar-refractivity contribution in [2.45, 2.75) is 18.6 Å². The van der Waals surface area contributed by atoms with Gasteiger partial charge in [0.1, 0.15) is 17.9 Å². The van der Waals surface area contributed by atoms with Crippen molar-refractivity contribution >= 4 is 22.7 Å². The van der Waals surface area contributed by atoms with Crippen molar-refractivity contribution in [3.05, 3.63) is 54.5 Å². The number of ether oxygens (including phenoxy) is 1. The first-order chi connectivity index (χ1) is 13.6. The van der Waals surface area contributed by atoms with E-state index in [1.54, 1.807) is 48.2 Å². The zero-order valence-corrected chi connectivity index (χ0v) is 15.7. The van der Waals surface area contributed by atoms with Crippen LogP contribution in [-0.4, -0.2) is 57.2 Å². The quantitative estimate of drug-likeness (QED) is 0.740. The van der Waals surface area contributed by atoms with Crippen LogP contribution in [0.1, 0.15) is 16.9 Å². The number of benzene rings is 1. The maximum Gasteiger partial charge on any atom is 0.275 e. The summed E-state index contributed by atoms with van der Waals surface area (Å²) in [6.45, 7) is 0.302. The van der Waals surface area contributed by atoms with Gasteiger partial charge in [0.15, 0.2) is 5.69 Å². The van der Waals surface area contributed by atoms with Gasteiger partial charge in [0, 0.05) is 32.1 Å². The highest BCUT2D eigenvalue weighted by molar-refractivity contribution is 6.06. The summed E-state index contributed by atoms with van der Waals surface area (Å²) in [5, 5.41) is 7.82. The molecule has 144 valence electrons. The predicted octanol–water partition coefficient (Wildman–Crippen LogP) is 1.38. The lowest BCUT2D eigenvalue weighted by Gasteiger charge is -2.22. The van der Waals surface area contributed by atoms with E-state index in [2.05, 4.69) is 15.4 Å². The largest absolute Gasteiger partial charge is 0.487 e. The number of carbonyl (C=O) groups excluding carboxylic acids is 2. The molecule has 0 aliphatic carbocycles. The molecule has 1 N–H and O–H groups in total. The summed E-state index contributed by atoms with van der Waals surface area (Å²) in [4.78, 5) is 31.3. The Kier molecular flexibility index (Phi) is 4.68. The van der Waals surface area contributed by atoms with E-state index in [0.29, 0.717) is 24.4 Å². The number of aromatic nitrogens is 3. The van der Waals surface area contributed by atoms with Crippen molar-refractivity contribution in [2.75, 3.05) is 13.6 Å². The minimum absolute atomic E-state index is 0.217. The predicted molar refractivity (Wildman–Crippen MR) is 103 cm³/mol. The molecule has 8 nitrogen and oxygen atoms in total. The lowest BCUT2D eigenvalue weighted by Crippen LogP contribution is -2.45. The molecular formula is C20H21N5O3. The summed E-state index contributed by atoms with van der Waals surface area (Å²) in [5.41, 5.74) is 1.21. The normalized spacial score (nSPS) is 19.0. The number of para-hydroxylation sites is 1. The Morgan fingerprint density at radius 3 is 2.79 bits per heavy atom. The van der Waals surface area contributed by atoms with Crippen LogP contribution in [0.5, 0.6) is 5.75 Å². The van der Waals surface area contributed by atoms with E-state index in [-0.39, 0.29) is 17.9 Å². The lowest BCUT2D eigenvalue weighted by atomic mass is 10.1. The maximum absolute atomic E-state index is 13.3. The van der Waals surface area contributed by atoms with E-state index in [4.69, 9.17) is 4.74 Å². The number of hydrogen-bond donors (Lipinski definition) is 1. The van der Waals surface area contributed by atoms with Gasteiger partial charge in [-0.1, -0.05) is 18.2 Å². The third-order valence-electron chi connectivity index (χ3n) is 4.97. The standard InChI is InChI=1S/C20H21N5O3/c1-21-19(26)17-10-14(28-13-6-5-9-22-11-13)12-25(17)20(27)18-15-7-3-4-8-16(15)24(2)23-18/h3-9,11,14,17H,10,12H2,1-2H3,(H,21,26)/t14-,17-/m0/s1. The third-order valence-corrected chi connectivity index (χ3v) is 4.97. The van der Waals surface area contributed by atoms with Crippen LogP contribution in [0, 0.1) is 0 Å². The average molecular weight is 379 g/mol. The first-order valence-corrected chi connectivity index (χ1v) is 9.09. The van der Waals surface area contributed by atoms with Crippen LogP contribution in [0.2, 0.25) is 0 Å². The van der Waals surface area contributed by atoms with Crippen LogP contribution in [0.15, 0.2) is 48.8 Å². The zero-order chi connectivity index (χ0) is 19.7. The first kappa shape index (κ1) is 18.0. The van der Waals surface area contributed by atoms with E-state index in [1.165, 1.54) is 0 Å². The SMILES string of the molecule is CNC(=O)[C@@H]1C[C@H](Oc2cccnc2)CN1C(=O)c1nn(C)c2ccccc12. The molecule has 3 aromatic rings. The van der Waals surface area contributed by atoms with Gasteiger partial charge in [-0.25, -0.2) is 0 Å². The number of nitrogens with zero attached hydrogens (tertiary/aromatic N) is 4. The van der Waals surface area contributed by atoms with Crippen molar-refractivity contribution in [1.29, 1.82) is 0 Å². The highest BCUT2D eigenvalue weighted by atomic mass is 16.5. The van der Waals surface area contributed by atoms with E-state index < -0.39 is 6.04 Å². The first-order valence-electron chi connectivity index (χ1n) is 9.09. The molecule has 2 amide bonds. The number of rotatable bonds is 4. The van der Waals surface area contributed by atoms with Crippen LogP contribution < -0.4 is 10.1 Å². The molecule has 8 heteroatoms. The van der Waals surface area contributed by atoms with Crippen LogP contribution in [0.4, 0.5) is 0 Å². The number of amides is 2. The molecule has 0 bridgehead atoms. The summed E-state index contributed by atoms with van der Waals surface area (Å²) >= 11 is 0. The van der Waals surface area contributed by atoms with E-state index in [9.17, 15) is 9.59 Å². The third kappa shape index (κ3) is 3.17. The number of likely N-dealkylation sites (tertiary alicyclic amines) is 1. The summed E-state index contributed by atoms with van der Waals surface area (Å²) in [6, 6.07) is 10.5. The second kappa shape index (κ2) is 7.30. The number of fused-ring (bicyclic) bond motifs is 1. The van der Waals surface area contributed by atoms with Crippen LogP contribution in [0.3, 0.4) is 0 Å². The van der Waals surface area contributed by atoms with Crippen molar-refractivity contribution in [3.8, 4) is 5.75 Å². The Balaban J connectivity index is 1.63. The molecule has 0 saturated carbocycles. The molecule has 1 aliphatic rings. The van der Waals surface area contributed by atoms with Crippen molar-refractivity contribution < 1.29 is 14.3 Å². The van der Waals surface area contributed by atoms with Crippen molar-refractivity contribution in [3.63, 3.8) is 0 Å². The minimum Gasteiger partial charge on any atom is -0.487 e. The van der Waals surface area contributed by atoms with Gasteiger partial charge in [-0.2, -0.15) is 5.10 Å². The molecule has 2 atom stereocenters. The zero-order valence-electron chi connectivity index (χ0n) is 15.7. The lowest BCUT2D eigenvalue weighted by molar-refractivity contribution is -0.124. The number of carbonyl (C=O) groups is 2. The van der Waals surface area contributed by atoms with Gasteiger partial charge in [-0.05, 0) is 18.2 Å². The molecule has 0 unspecified atom stereocenters. The van der Waals surface area contributed by atoms with Gasteiger partial charge in [0.2, 0.25) is 5.91 Å². The summed E-state index contributed by atoms with van der Waals surface area (Å²) < 4.78 is 7.62. The topological polar surface area (TPSA) is 89.3 Å². The summed E-state index contributed by atoms with van der Waals surface area (Å²) in [6.07, 6.45) is 3.39. The van der Waals surface area contributed by atoms with E-state index >= 15 is 0 Å². The van der Waals surface area contributed by atoms with Gasteiger partial charge in [0.05, 0.1) is 18.3 Å². The Bertz CT molecular complexity index is 1020. The maximum atomic E-state index is 13.3. The average Bonchev–Trinajstić information content (AvgIpc) is 3.29. The van der Waals surface area contributed by atoms with Gasteiger partial charge >= 0.3 is 0 Å². The Morgan fingerprint density at radius 1 is 1.21 bits per heavy atom. The number of pyridine rings is 1. The summed E-state index contributed by atoms with van der Waals surface area (Å²) in [5.74, 6) is 0.120. The molecule has 1 saturated heterocycles. The fraction of sp³-hybridized carbons (Fsp3) is 0.300. The van der Waals surface area contributed by atoms with Crippen LogP contribution in [-0.2, 0) is 11.8 Å². The van der Waals surface area contributed by atoms with Gasteiger partial charge in [0.25, 0.3) is 5.91 Å². The monoisotopic (exact) mass is 379 g/mol. The van der Waals surface area contributed by atoms with Crippen LogP contribution >= 0.6 is 0 Å². The van der Waals surface area contributed by atoms with Crippen LogP contribution in [0.25, 0.3) is 10.9 Å². The summed E-state index contributed by atoms with van der Waals surface area (Å²) in [7, 11) is 3.37. The second-order valence-electron chi connectivity index (χ2n) is 6.74. The van der Waals surface area contributed by atoms with E-state index in [1.807, 2.05) is 24.3 Å². The Labute approximate surface area is 162 Å². The molecule has 3 heterocycles. The highest BCUT2D eigenvalue weighted by Crippen LogP contribution is 2.27.